The number of nitrogens with zero attached hydrogens (tertiary/aromatic N) is 8. The Hall–Kier alpha value is -6.65. The van der Waals surface area contributed by atoms with Crippen molar-refractivity contribution in [3.8, 4) is 0 Å². The van der Waals surface area contributed by atoms with Crippen LogP contribution in [0.3, 0.4) is 0 Å². The second-order valence-electron chi connectivity index (χ2n) is 19.5. The molecule has 7 aromatic rings. The number of aromatic nitrogens is 9. The van der Waals surface area contributed by atoms with E-state index in [1.807, 2.05) is 41.5 Å². The normalized spacial score (nSPS) is 12.7. The van der Waals surface area contributed by atoms with Crippen LogP contribution in [0.2, 0.25) is 0 Å². The molecule has 3 atom stereocenters. The molecule has 1 aliphatic heterocycles. The molecule has 41 heteroatoms. The summed E-state index contributed by atoms with van der Waals surface area (Å²) < 4.78 is 25.3. The van der Waals surface area contributed by atoms with Gasteiger partial charge in [0.2, 0.25) is 15.9 Å². The molecule has 1 fully saturated rings. The lowest BCUT2D eigenvalue weighted by Crippen LogP contribution is -3.00. The third-order valence-corrected chi connectivity index (χ3v) is 17.4. The summed E-state index contributed by atoms with van der Waals surface area (Å²) in [5.41, 5.74) is 34.8. The number of carbonyl (C=O) groups is 7. The summed E-state index contributed by atoms with van der Waals surface area (Å²) in [4.78, 5) is 121. The fourth-order valence-corrected chi connectivity index (χ4v) is 12.2. The average molecular weight is 1540 g/mol. The number of aromatic amines is 2. The van der Waals surface area contributed by atoms with E-state index >= 15 is 0 Å². The summed E-state index contributed by atoms with van der Waals surface area (Å²) in [6.07, 6.45) is 0.391. The Morgan fingerprint density at radius 1 is 0.677 bits per heavy atom. The Morgan fingerprint density at radius 3 is 1.42 bits per heavy atom. The zero-order valence-electron chi connectivity index (χ0n) is 54.2. The second-order valence-corrected chi connectivity index (χ2v) is 27.2. The minimum absolute atomic E-state index is 0. The Kier molecular flexibility index (Phi) is 42.2. The highest BCUT2D eigenvalue weighted by atomic mass is 127. The third-order valence-electron chi connectivity index (χ3n) is 11.2. The number of hydrogen-bond donors (Lipinski definition) is 13. The Balaban J connectivity index is -0.000001000. The molecule has 1 saturated heterocycles. The SMILES string of the molecule is CC(=O)C(C)C(=O)C(C)C.CC(=O)c1nc(N)sc1C(C)=O.CC(=O)c1sc(N)nc1C(C)C.CC(=O)c1sc(N)nc1C(C)O.CCNC(=O)C1CNCCN1S(C)(=O)=O.Cc1n[nH]c(=O)c2sc(N)nc12.Cc1nc2c(C)n[nH]c(=O)c2s1.NC(N)=S.NN.[B].[I-]. The first kappa shape index (κ1) is 90.5. The van der Waals surface area contributed by atoms with E-state index in [4.69, 9.17) is 22.9 Å². The van der Waals surface area contributed by atoms with Crippen molar-refractivity contribution in [2.24, 2.45) is 35.0 Å². The highest BCUT2D eigenvalue weighted by Crippen LogP contribution is 2.28. The molecule has 3 radical (unpaired) electrons. The number of aliphatic hydroxyl groups is 1. The Morgan fingerprint density at radius 2 is 1.09 bits per heavy atom. The molecule has 21 N–H and O–H groups in total. The maximum absolute atomic E-state index is 11.6. The summed E-state index contributed by atoms with van der Waals surface area (Å²) in [6, 6.07) is -0.617. The minimum atomic E-state index is -3.31. The molecule has 3 unspecified atom stereocenters. The van der Waals surface area contributed by atoms with Crippen molar-refractivity contribution in [1.29, 1.82) is 0 Å². The molecule has 7 aromatic heterocycles. The maximum Gasteiger partial charge on any atom is 0.283 e. The van der Waals surface area contributed by atoms with E-state index in [0.717, 1.165) is 50.8 Å². The summed E-state index contributed by atoms with van der Waals surface area (Å²) in [5, 5.41) is 29.6. The van der Waals surface area contributed by atoms with Gasteiger partial charge >= 0.3 is 0 Å². The lowest BCUT2D eigenvalue weighted by Gasteiger charge is -2.32. The van der Waals surface area contributed by atoms with Gasteiger partial charge in [-0.25, -0.2) is 43.5 Å². The van der Waals surface area contributed by atoms with E-state index in [-0.39, 0.29) is 112 Å². The number of thiocarbonyl (C=S) groups is 1. The quantitative estimate of drug-likeness (QED) is 0.0144. The number of aliphatic hydroxyl groups excluding tert-OH is 1. The highest BCUT2D eigenvalue weighted by Gasteiger charge is 2.34. The van der Waals surface area contributed by atoms with Gasteiger partial charge in [-0.15, -0.1) is 11.3 Å². The third kappa shape index (κ3) is 30.5. The van der Waals surface area contributed by atoms with Crippen molar-refractivity contribution in [2.75, 3.05) is 55.4 Å². The number of thiazole rings is 5. The fourth-order valence-electron chi connectivity index (χ4n) is 7.03. The van der Waals surface area contributed by atoms with E-state index in [2.05, 4.69) is 91.3 Å². The number of H-pyrrole nitrogens is 2. The summed E-state index contributed by atoms with van der Waals surface area (Å²) in [5.74, 6) is 7.10. The smallest absolute Gasteiger partial charge is 0.283 e. The number of ketones is 6. The monoisotopic (exact) mass is 1540 g/mol. The number of piperazine rings is 1. The number of amides is 1. The number of hydrogen-bond acceptors (Lipinski definition) is 32. The maximum atomic E-state index is 11.6. The van der Waals surface area contributed by atoms with Crippen LogP contribution in [-0.2, 0) is 24.4 Å². The van der Waals surface area contributed by atoms with Gasteiger partial charge in [0.25, 0.3) is 11.1 Å². The molecular formula is C52H82BIN20O12S7-. The molecule has 0 aromatic carbocycles. The molecule has 515 valence electrons. The second kappa shape index (κ2) is 43.4. The number of sulfonamides is 1. The topological polar surface area (TPSA) is 565 Å². The zero-order valence-corrected chi connectivity index (χ0v) is 62.0. The van der Waals surface area contributed by atoms with Crippen LogP contribution in [-0.4, -0.2) is 156 Å². The molecule has 0 spiro atoms. The van der Waals surface area contributed by atoms with Crippen molar-refractivity contribution in [1.82, 2.24) is 60.3 Å². The van der Waals surface area contributed by atoms with Crippen molar-refractivity contribution >= 4 is 174 Å². The van der Waals surface area contributed by atoms with Crippen LogP contribution in [0.25, 0.3) is 20.4 Å². The molecule has 0 bridgehead atoms. The van der Waals surface area contributed by atoms with Crippen LogP contribution in [0.1, 0.15) is 162 Å². The lowest BCUT2D eigenvalue weighted by molar-refractivity contribution is -0.132. The van der Waals surface area contributed by atoms with Gasteiger partial charge in [-0.1, -0.05) is 73.0 Å². The van der Waals surface area contributed by atoms with Crippen molar-refractivity contribution in [3.05, 3.63) is 68.8 Å². The Bertz CT molecular complexity index is 3670. The van der Waals surface area contributed by atoms with E-state index in [1.54, 1.807) is 34.6 Å². The van der Waals surface area contributed by atoms with E-state index < -0.39 is 28.1 Å². The Labute approximate surface area is 582 Å². The van der Waals surface area contributed by atoms with Crippen molar-refractivity contribution < 1.29 is 71.1 Å². The van der Waals surface area contributed by atoms with Crippen LogP contribution in [0.15, 0.2) is 9.59 Å². The molecule has 8 rings (SSSR count). The largest absolute Gasteiger partial charge is 1.00 e. The first-order valence-electron chi connectivity index (χ1n) is 26.9. The number of anilines is 4. The number of Topliss-reactive ketones (excluding diaryl/α,β-unsaturated/α-hetero) is 6. The molecular weight excluding hydrogens is 1460 g/mol. The van der Waals surface area contributed by atoms with Gasteiger partial charge in [0.15, 0.2) is 48.8 Å². The predicted octanol–water partition coefficient (Wildman–Crippen LogP) is -0.147. The number of nitrogens with one attached hydrogen (secondary N) is 4. The van der Waals surface area contributed by atoms with Crippen LogP contribution in [0, 0.1) is 32.6 Å². The van der Waals surface area contributed by atoms with Gasteiger partial charge in [-0.3, -0.25) is 54.8 Å². The first-order valence-corrected chi connectivity index (χ1v) is 33.2. The van der Waals surface area contributed by atoms with Gasteiger partial charge in [0.1, 0.15) is 48.6 Å². The number of halogens is 1. The predicted molar refractivity (Wildman–Crippen MR) is 371 cm³/mol. The number of nitrogens with two attached hydrogens (primary N) is 8. The van der Waals surface area contributed by atoms with Gasteiger partial charge in [-0.05, 0) is 66.6 Å². The van der Waals surface area contributed by atoms with Crippen LogP contribution >= 0.6 is 68.9 Å². The van der Waals surface area contributed by atoms with Crippen molar-refractivity contribution in [2.45, 2.75) is 122 Å². The van der Waals surface area contributed by atoms with Crippen molar-refractivity contribution in [3.63, 3.8) is 0 Å². The van der Waals surface area contributed by atoms with E-state index in [1.165, 1.54) is 66.0 Å². The standard InChI is InChI=1S/C8H17N3O3S.C8H12N2OS.C8H14O2.C7H7N3OS.C7H10N2O2S.C7H8N2O2S.C6H6N4OS.CH4N2S.B.HI.H4N2/c1-3-10-8(12)7-6-9-4-5-11(7)15(2,13)14;1-4(2)6-7(5(3)11)12-8(9)10-6;1-5(2)8(10)6(3)7(4)9;1-3-5-6(7(11)10-9-3)12-4(2)8-5;2*1-3(10)5-6(4(2)11)12-7(8)9-5;1-2-3-4(5(11)10-9-2)12-6(7)8-3;2-1(3)4;;;1-2/h7,9H,3-6H2,1-2H3,(H,10,12);4H,1-3H3,(H2,9,10);5-6H,1-4H3;1-2H3,(H,10,11);3,10H,1-2H3,(H2,8,9);1-2H3,(H2,8,9);1H3,(H2,7,8)(H,10,11);(H4,2,3,4);;1H;1-2H2/p-1. The number of likely N-dealkylation sites (N-methyl/N-ethyl adjacent to an activating group) is 1. The average Bonchev–Trinajstić information content (AvgIpc) is 1.80. The van der Waals surface area contributed by atoms with Crippen LogP contribution in [0.4, 0.5) is 20.5 Å². The molecule has 0 saturated carbocycles. The minimum Gasteiger partial charge on any atom is -1.00 e. The molecule has 93 heavy (non-hydrogen) atoms. The fraction of sp³-hybridized carbons (Fsp3) is 0.481. The van der Waals surface area contributed by atoms with Gasteiger partial charge in [0, 0.05) is 68.2 Å². The number of carbonyl (C=O) groups excluding carboxylic acids is 7. The summed E-state index contributed by atoms with van der Waals surface area (Å²) in [6.45, 7) is 27.1. The van der Waals surface area contributed by atoms with Crippen LogP contribution in [0.5, 0.6) is 0 Å². The van der Waals surface area contributed by atoms with E-state index in [0.29, 0.717) is 82.5 Å². The van der Waals surface area contributed by atoms with Gasteiger partial charge < -0.3 is 74.1 Å². The number of fused-ring (bicyclic) bond motifs is 2. The molecule has 1 amide bonds. The number of aryl methyl sites for hydroxylation is 3. The molecule has 8 heterocycles. The summed E-state index contributed by atoms with van der Waals surface area (Å²) >= 11 is 10.1. The van der Waals surface area contributed by atoms with Crippen LogP contribution < -0.4 is 91.8 Å². The number of nitrogen functional groups attached to an aromatic ring is 4. The molecule has 1 aliphatic rings. The number of rotatable bonds is 12. The van der Waals surface area contributed by atoms with Gasteiger partial charge in [-0.2, -0.15) is 14.5 Å². The molecule has 32 nitrogen and oxygen atoms in total. The van der Waals surface area contributed by atoms with Gasteiger partial charge in [0.05, 0.1) is 55.8 Å². The van der Waals surface area contributed by atoms with E-state index in [9.17, 15) is 56.7 Å². The zero-order chi connectivity index (χ0) is 70.7. The summed E-state index contributed by atoms with van der Waals surface area (Å²) in [7, 11) is -3.31. The number of hydrazine groups is 1. The molecule has 0 aliphatic carbocycles. The lowest BCUT2D eigenvalue weighted by atomic mass is 9.94. The highest BCUT2D eigenvalue weighted by molar-refractivity contribution is 7.88. The first-order chi connectivity index (χ1) is 42.1.